The Kier molecular flexibility index (Phi) is 6.62. The molecule has 1 aliphatic rings. The average Bonchev–Trinajstić information content (AvgIpc) is 2.55. The van der Waals surface area contributed by atoms with Gasteiger partial charge in [0.1, 0.15) is 4.90 Å². The molecular formula is C16H23ClN2O4S. The monoisotopic (exact) mass is 374 g/mol. The minimum Gasteiger partial charge on any atom is -0.383 e. The van der Waals surface area contributed by atoms with Gasteiger partial charge in [0.25, 0.3) is 5.91 Å². The number of piperidine rings is 1. The van der Waals surface area contributed by atoms with Gasteiger partial charge in [-0.3, -0.25) is 4.79 Å². The first-order valence-corrected chi connectivity index (χ1v) is 9.75. The number of benzene rings is 1. The lowest BCUT2D eigenvalue weighted by Gasteiger charge is -2.30. The van der Waals surface area contributed by atoms with Crippen molar-refractivity contribution in [2.24, 2.45) is 5.92 Å². The van der Waals surface area contributed by atoms with E-state index in [1.807, 2.05) is 6.92 Å². The van der Waals surface area contributed by atoms with Gasteiger partial charge in [0.2, 0.25) is 10.0 Å². The molecular weight excluding hydrogens is 352 g/mol. The van der Waals surface area contributed by atoms with Gasteiger partial charge in [0, 0.05) is 32.3 Å². The van der Waals surface area contributed by atoms with Crippen molar-refractivity contribution < 1.29 is 17.9 Å². The Balaban J connectivity index is 2.25. The number of rotatable bonds is 6. The lowest BCUT2D eigenvalue weighted by molar-refractivity contribution is 0.0937. The van der Waals surface area contributed by atoms with Crippen molar-refractivity contribution >= 4 is 27.5 Å². The second-order valence-electron chi connectivity index (χ2n) is 6.00. The zero-order valence-electron chi connectivity index (χ0n) is 13.9. The summed E-state index contributed by atoms with van der Waals surface area (Å²) < 4.78 is 32.1. The van der Waals surface area contributed by atoms with Gasteiger partial charge in [-0.25, -0.2) is 8.42 Å². The molecule has 8 heteroatoms. The number of hydrogen-bond acceptors (Lipinski definition) is 4. The van der Waals surface area contributed by atoms with E-state index in [-0.39, 0.29) is 21.4 Å². The van der Waals surface area contributed by atoms with Crippen LogP contribution in [0.4, 0.5) is 0 Å². The van der Waals surface area contributed by atoms with Crippen LogP contribution in [0, 0.1) is 5.92 Å². The zero-order valence-corrected chi connectivity index (χ0v) is 15.5. The second-order valence-corrected chi connectivity index (χ2v) is 8.32. The fourth-order valence-electron chi connectivity index (χ4n) is 2.71. The predicted molar refractivity (Wildman–Crippen MR) is 92.8 cm³/mol. The summed E-state index contributed by atoms with van der Waals surface area (Å²) in [6.45, 7) is 3.72. The molecule has 1 aromatic carbocycles. The minimum atomic E-state index is -3.71. The zero-order chi connectivity index (χ0) is 17.7. The number of carbonyl (C=O) groups excluding carboxylic acids is 1. The predicted octanol–water partition coefficient (Wildman–Crippen LogP) is 2.14. The molecule has 1 aromatic rings. The number of halogens is 1. The fraction of sp³-hybridized carbons (Fsp3) is 0.562. The number of carbonyl (C=O) groups is 1. The molecule has 134 valence electrons. The van der Waals surface area contributed by atoms with E-state index in [4.69, 9.17) is 16.3 Å². The van der Waals surface area contributed by atoms with E-state index in [2.05, 4.69) is 5.32 Å². The van der Waals surface area contributed by atoms with Gasteiger partial charge in [-0.2, -0.15) is 4.31 Å². The molecule has 1 amide bonds. The average molecular weight is 375 g/mol. The molecule has 2 rings (SSSR count). The van der Waals surface area contributed by atoms with Crippen molar-refractivity contribution in [1.29, 1.82) is 0 Å². The summed E-state index contributed by atoms with van der Waals surface area (Å²) in [5, 5.41) is 2.80. The van der Waals surface area contributed by atoms with E-state index >= 15 is 0 Å². The van der Waals surface area contributed by atoms with Crippen LogP contribution in [0.5, 0.6) is 0 Å². The fourth-order valence-corrected chi connectivity index (χ4v) is 4.81. The highest BCUT2D eigenvalue weighted by Crippen LogP contribution is 2.29. The Bertz CT molecular complexity index is 693. The molecule has 1 unspecified atom stereocenters. The number of hydrogen-bond donors (Lipinski definition) is 1. The van der Waals surface area contributed by atoms with Gasteiger partial charge < -0.3 is 10.1 Å². The van der Waals surface area contributed by atoms with E-state index in [0.717, 1.165) is 12.8 Å². The molecule has 0 aromatic heterocycles. The maximum absolute atomic E-state index is 12.9. The van der Waals surface area contributed by atoms with Crippen LogP contribution in [0.25, 0.3) is 0 Å². The quantitative estimate of drug-likeness (QED) is 0.774. The standard InChI is InChI=1S/C16H23ClN2O4S/c1-12-4-3-8-19(11-12)24(21,22)15-10-13(5-6-14(15)17)16(20)18-7-9-23-2/h5-6,10,12H,3-4,7-9,11H2,1-2H3,(H,18,20). The van der Waals surface area contributed by atoms with Crippen molar-refractivity contribution in [1.82, 2.24) is 9.62 Å². The van der Waals surface area contributed by atoms with E-state index in [9.17, 15) is 13.2 Å². The largest absolute Gasteiger partial charge is 0.383 e. The summed E-state index contributed by atoms with van der Waals surface area (Å²) in [5.41, 5.74) is 0.263. The molecule has 0 bridgehead atoms. The van der Waals surface area contributed by atoms with Crippen LogP contribution in [0.15, 0.2) is 23.1 Å². The first-order valence-electron chi connectivity index (χ1n) is 7.93. The van der Waals surface area contributed by atoms with Crippen LogP contribution >= 0.6 is 11.6 Å². The SMILES string of the molecule is COCCNC(=O)c1ccc(Cl)c(S(=O)(=O)N2CCCC(C)C2)c1. The smallest absolute Gasteiger partial charge is 0.251 e. The number of nitrogens with zero attached hydrogens (tertiary/aromatic N) is 1. The van der Waals surface area contributed by atoms with Crippen molar-refractivity contribution in [3.63, 3.8) is 0 Å². The van der Waals surface area contributed by atoms with Gasteiger partial charge in [-0.05, 0) is 37.0 Å². The first-order chi connectivity index (χ1) is 11.4. The van der Waals surface area contributed by atoms with Gasteiger partial charge in [-0.15, -0.1) is 0 Å². The summed E-state index contributed by atoms with van der Waals surface area (Å²) in [6, 6.07) is 4.31. The summed E-state index contributed by atoms with van der Waals surface area (Å²) in [5.74, 6) is -0.0417. The lowest BCUT2D eigenvalue weighted by atomic mass is 10.0. The summed E-state index contributed by atoms with van der Waals surface area (Å²) >= 11 is 6.11. The molecule has 1 atom stereocenters. The Labute approximate surface area is 148 Å². The molecule has 1 saturated heterocycles. The van der Waals surface area contributed by atoms with Crippen molar-refractivity contribution in [2.45, 2.75) is 24.7 Å². The van der Waals surface area contributed by atoms with Crippen molar-refractivity contribution in [3.8, 4) is 0 Å². The Morgan fingerprint density at radius 1 is 1.46 bits per heavy atom. The molecule has 24 heavy (non-hydrogen) atoms. The van der Waals surface area contributed by atoms with Gasteiger partial charge in [-0.1, -0.05) is 18.5 Å². The number of ether oxygens (including phenoxy) is 1. The summed E-state index contributed by atoms with van der Waals surface area (Å²) in [6.07, 6.45) is 1.84. The van der Waals surface area contributed by atoms with E-state index in [0.29, 0.717) is 32.2 Å². The van der Waals surface area contributed by atoms with Crippen LogP contribution in [-0.4, -0.2) is 52.0 Å². The Morgan fingerprint density at radius 3 is 2.88 bits per heavy atom. The van der Waals surface area contributed by atoms with Crippen LogP contribution in [0.1, 0.15) is 30.1 Å². The van der Waals surface area contributed by atoms with Gasteiger partial charge in [0.15, 0.2) is 0 Å². The summed E-state index contributed by atoms with van der Waals surface area (Å²) in [7, 11) is -2.17. The first kappa shape index (κ1) is 19.2. The van der Waals surface area contributed by atoms with E-state index < -0.39 is 10.0 Å². The number of methoxy groups -OCH3 is 1. The molecule has 1 heterocycles. The maximum atomic E-state index is 12.9. The molecule has 1 aliphatic heterocycles. The van der Waals surface area contributed by atoms with Gasteiger partial charge in [0.05, 0.1) is 11.6 Å². The topological polar surface area (TPSA) is 75.7 Å². The Morgan fingerprint density at radius 2 is 2.21 bits per heavy atom. The van der Waals surface area contributed by atoms with E-state index in [1.54, 1.807) is 7.11 Å². The highest BCUT2D eigenvalue weighted by atomic mass is 35.5. The van der Waals surface area contributed by atoms with Crippen LogP contribution in [-0.2, 0) is 14.8 Å². The van der Waals surface area contributed by atoms with E-state index in [1.165, 1.54) is 22.5 Å². The van der Waals surface area contributed by atoms with Crippen LogP contribution in [0.3, 0.4) is 0 Å². The second kappa shape index (κ2) is 8.29. The summed E-state index contributed by atoms with van der Waals surface area (Å²) in [4.78, 5) is 12.1. The van der Waals surface area contributed by atoms with Crippen molar-refractivity contribution in [3.05, 3.63) is 28.8 Å². The third-order valence-electron chi connectivity index (χ3n) is 4.02. The number of sulfonamides is 1. The lowest BCUT2D eigenvalue weighted by Crippen LogP contribution is -2.39. The number of nitrogens with one attached hydrogen (secondary N) is 1. The maximum Gasteiger partial charge on any atom is 0.251 e. The van der Waals surface area contributed by atoms with Crippen LogP contribution in [0.2, 0.25) is 5.02 Å². The molecule has 0 radical (unpaired) electrons. The third kappa shape index (κ3) is 4.47. The highest BCUT2D eigenvalue weighted by molar-refractivity contribution is 7.89. The molecule has 1 N–H and O–H groups in total. The molecule has 0 aliphatic carbocycles. The van der Waals surface area contributed by atoms with Gasteiger partial charge >= 0.3 is 0 Å². The van der Waals surface area contributed by atoms with Crippen LogP contribution < -0.4 is 5.32 Å². The number of amides is 1. The highest BCUT2D eigenvalue weighted by Gasteiger charge is 2.30. The Hall–Kier alpha value is -1.15. The molecule has 0 spiro atoms. The normalized spacial score (nSPS) is 19.2. The molecule has 0 saturated carbocycles. The molecule has 1 fully saturated rings. The third-order valence-corrected chi connectivity index (χ3v) is 6.37. The minimum absolute atomic E-state index is 0.0161. The van der Waals surface area contributed by atoms with Crippen molar-refractivity contribution in [2.75, 3.05) is 33.4 Å². The molecule has 6 nitrogen and oxygen atoms in total.